The van der Waals surface area contributed by atoms with Gasteiger partial charge in [0.1, 0.15) is 11.4 Å². The average molecular weight is 301 g/mol. The van der Waals surface area contributed by atoms with Crippen molar-refractivity contribution in [1.82, 2.24) is 4.98 Å². The van der Waals surface area contributed by atoms with E-state index in [0.29, 0.717) is 11.1 Å². The highest BCUT2D eigenvalue weighted by Gasteiger charge is 2.21. The topological polar surface area (TPSA) is 42.4 Å². The minimum absolute atomic E-state index is 0.406. The van der Waals surface area contributed by atoms with Gasteiger partial charge in [0.05, 0.1) is 5.69 Å². The van der Waals surface area contributed by atoms with Crippen molar-refractivity contribution in [1.29, 1.82) is 0 Å². The van der Waals surface area contributed by atoms with E-state index >= 15 is 0 Å². The summed E-state index contributed by atoms with van der Waals surface area (Å²) in [5, 5.41) is 0.656. The number of carbonyl (C=O) groups is 1. The van der Waals surface area contributed by atoms with E-state index in [1.807, 2.05) is 32.9 Å². The van der Waals surface area contributed by atoms with Gasteiger partial charge in [-0.1, -0.05) is 22.0 Å². The Morgan fingerprint density at radius 2 is 2.12 bits per heavy atom. The van der Waals surface area contributed by atoms with Crippen LogP contribution in [0.15, 0.2) is 18.2 Å². The third kappa shape index (κ3) is 4.34. The van der Waals surface area contributed by atoms with E-state index in [-0.39, 0.29) is 0 Å². The number of halogens is 1. The molecule has 1 aromatic heterocycles. The Balaban J connectivity index is 2.81. The van der Waals surface area contributed by atoms with Gasteiger partial charge in [0.2, 0.25) is 0 Å². The predicted molar refractivity (Wildman–Crippen MR) is 71.5 cm³/mol. The van der Waals surface area contributed by atoms with Gasteiger partial charge in [0.15, 0.2) is 0 Å². The molecular weight excluding hydrogens is 284 g/mol. The van der Waals surface area contributed by atoms with Crippen LogP contribution >= 0.6 is 15.9 Å². The van der Waals surface area contributed by atoms with Crippen LogP contribution in [0, 0.1) is 0 Å². The summed E-state index contributed by atoms with van der Waals surface area (Å²) < 4.78 is 5.26. The highest BCUT2D eigenvalue weighted by atomic mass is 79.9. The first-order chi connectivity index (χ1) is 7.83. The predicted octanol–water partition coefficient (Wildman–Crippen LogP) is 3.35. The molecule has 1 rings (SSSR count). The van der Waals surface area contributed by atoms with E-state index in [1.54, 1.807) is 13.1 Å². The van der Waals surface area contributed by atoms with Crippen LogP contribution in [-0.2, 0) is 10.1 Å². The van der Waals surface area contributed by atoms with Gasteiger partial charge in [-0.2, -0.15) is 0 Å². The Kier molecular flexibility index (Phi) is 4.51. The maximum Gasteiger partial charge on any atom is 0.415 e. The minimum Gasteiger partial charge on any atom is -0.443 e. The Hall–Kier alpha value is -1.10. The molecule has 4 nitrogen and oxygen atoms in total. The lowest BCUT2D eigenvalue weighted by Crippen LogP contribution is -2.34. The zero-order valence-corrected chi connectivity index (χ0v) is 12.1. The fraction of sp³-hybridized carbons (Fsp3) is 0.500. The molecule has 0 atom stereocenters. The molecule has 94 valence electrons. The van der Waals surface area contributed by atoms with Gasteiger partial charge < -0.3 is 4.74 Å². The third-order valence-corrected chi connectivity index (χ3v) is 2.51. The molecule has 0 N–H and O–H groups in total. The molecule has 0 aliphatic heterocycles. The standard InChI is InChI=1S/C12H17BrN2O2/c1-12(2,3)17-11(16)15(4)10-7-5-6-9(8-13)14-10/h5-7H,8H2,1-4H3. The molecule has 0 aromatic carbocycles. The maximum atomic E-state index is 11.8. The summed E-state index contributed by atoms with van der Waals surface area (Å²) in [6, 6.07) is 5.52. The second kappa shape index (κ2) is 5.49. The van der Waals surface area contributed by atoms with Crippen molar-refractivity contribution in [3.05, 3.63) is 23.9 Å². The molecule has 1 heterocycles. The second-order valence-corrected chi connectivity index (χ2v) is 5.22. The van der Waals surface area contributed by atoms with Gasteiger partial charge in [0, 0.05) is 12.4 Å². The van der Waals surface area contributed by atoms with Crippen LogP contribution in [0.3, 0.4) is 0 Å². The van der Waals surface area contributed by atoms with Crippen LogP contribution in [0.4, 0.5) is 10.6 Å². The first-order valence-electron chi connectivity index (χ1n) is 5.32. The van der Waals surface area contributed by atoms with Crippen LogP contribution in [0.1, 0.15) is 26.5 Å². The van der Waals surface area contributed by atoms with Crippen LogP contribution < -0.4 is 4.90 Å². The summed E-state index contributed by atoms with van der Waals surface area (Å²) in [6.07, 6.45) is -0.406. The van der Waals surface area contributed by atoms with E-state index < -0.39 is 11.7 Å². The average Bonchev–Trinajstić information content (AvgIpc) is 2.26. The summed E-state index contributed by atoms with van der Waals surface area (Å²) in [7, 11) is 1.65. The normalized spacial score (nSPS) is 11.1. The van der Waals surface area contributed by atoms with Crippen molar-refractivity contribution in [3.8, 4) is 0 Å². The van der Waals surface area contributed by atoms with Crippen molar-refractivity contribution in [3.63, 3.8) is 0 Å². The number of alkyl halides is 1. The Labute approximate surface area is 110 Å². The molecule has 0 fully saturated rings. The largest absolute Gasteiger partial charge is 0.443 e. The van der Waals surface area contributed by atoms with Crippen molar-refractivity contribution >= 4 is 27.8 Å². The molecule has 1 aromatic rings. The first kappa shape index (κ1) is 14.0. The third-order valence-electron chi connectivity index (χ3n) is 1.94. The summed E-state index contributed by atoms with van der Waals surface area (Å²) in [5.74, 6) is 0.580. The van der Waals surface area contributed by atoms with E-state index in [4.69, 9.17) is 4.74 Å². The number of aromatic nitrogens is 1. The Bertz CT molecular complexity index is 402. The number of rotatable bonds is 2. The Morgan fingerprint density at radius 3 is 2.65 bits per heavy atom. The highest BCUT2D eigenvalue weighted by Crippen LogP contribution is 2.15. The van der Waals surface area contributed by atoms with Gasteiger partial charge >= 0.3 is 6.09 Å². The summed E-state index contributed by atoms with van der Waals surface area (Å²) >= 11 is 3.33. The number of pyridine rings is 1. The number of ether oxygens (including phenoxy) is 1. The van der Waals surface area contributed by atoms with Crippen LogP contribution in [0.25, 0.3) is 0 Å². The van der Waals surface area contributed by atoms with Crippen molar-refractivity contribution < 1.29 is 9.53 Å². The second-order valence-electron chi connectivity index (χ2n) is 4.66. The van der Waals surface area contributed by atoms with Crippen molar-refractivity contribution in [2.45, 2.75) is 31.7 Å². The number of carbonyl (C=O) groups excluding carboxylic acids is 1. The van der Waals surface area contributed by atoms with E-state index in [9.17, 15) is 4.79 Å². The SMILES string of the molecule is CN(C(=O)OC(C)(C)C)c1cccc(CBr)n1. The smallest absolute Gasteiger partial charge is 0.415 e. The number of anilines is 1. The number of amides is 1. The molecule has 0 saturated carbocycles. The number of hydrogen-bond acceptors (Lipinski definition) is 3. The molecule has 0 bridgehead atoms. The minimum atomic E-state index is -0.502. The van der Waals surface area contributed by atoms with Crippen LogP contribution in [0.2, 0.25) is 0 Å². The lowest BCUT2D eigenvalue weighted by molar-refractivity contribution is 0.0588. The van der Waals surface area contributed by atoms with E-state index in [1.165, 1.54) is 4.90 Å². The number of hydrogen-bond donors (Lipinski definition) is 0. The molecule has 0 radical (unpaired) electrons. The van der Waals surface area contributed by atoms with E-state index in [0.717, 1.165) is 5.69 Å². The molecule has 0 unspecified atom stereocenters. The highest BCUT2D eigenvalue weighted by molar-refractivity contribution is 9.08. The van der Waals surface area contributed by atoms with Crippen LogP contribution in [-0.4, -0.2) is 23.7 Å². The zero-order chi connectivity index (χ0) is 13.1. The van der Waals surface area contributed by atoms with Gasteiger partial charge in [-0.05, 0) is 32.9 Å². The summed E-state index contributed by atoms with van der Waals surface area (Å²) in [4.78, 5) is 17.5. The zero-order valence-electron chi connectivity index (χ0n) is 10.5. The fourth-order valence-electron chi connectivity index (χ4n) is 1.15. The lowest BCUT2D eigenvalue weighted by Gasteiger charge is -2.24. The van der Waals surface area contributed by atoms with Crippen molar-refractivity contribution in [2.24, 2.45) is 0 Å². The monoisotopic (exact) mass is 300 g/mol. The quantitative estimate of drug-likeness (QED) is 0.787. The molecule has 0 saturated heterocycles. The van der Waals surface area contributed by atoms with Gasteiger partial charge in [-0.15, -0.1) is 0 Å². The molecule has 0 aliphatic carbocycles. The van der Waals surface area contributed by atoms with Gasteiger partial charge in [0.25, 0.3) is 0 Å². The van der Waals surface area contributed by atoms with Gasteiger partial charge in [-0.3, -0.25) is 4.90 Å². The van der Waals surface area contributed by atoms with Crippen molar-refractivity contribution in [2.75, 3.05) is 11.9 Å². The maximum absolute atomic E-state index is 11.8. The molecule has 5 heteroatoms. The first-order valence-corrected chi connectivity index (χ1v) is 6.44. The molecular formula is C12H17BrN2O2. The number of nitrogens with zero attached hydrogens (tertiary/aromatic N) is 2. The summed E-state index contributed by atoms with van der Waals surface area (Å²) in [5.41, 5.74) is 0.371. The fourth-order valence-corrected chi connectivity index (χ4v) is 1.46. The molecule has 0 aliphatic rings. The lowest BCUT2D eigenvalue weighted by atomic mass is 10.2. The molecule has 0 spiro atoms. The molecule has 1 amide bonds. The van der Waals surface area contributed by atoms with E-state index in [2.05, 4.69) is 20.9 Å². The Morgan fingerprint density at radius 1 is 1.47 bits per heavy atom. The van der Waals surface area contributed by atoms with Crippen LogP contribution in [0.5, 0.6) is 0 Å². The molecule has 17 heavy (non-hydrogen) atoms. The van der Waals surface area contributed by atoms with Gasteiger partial charge in [-0.25, -0.2) is 9.78 Å². The summed E-state index contributed by atoms with van der Waals surface area (Å²) in [6.45, 7) is 5.50.